The van der Waals surface area contributed by atoms with Gasteiger partial charge in [-0.3, -0.25) is 22.6 Å². The topological polar surface area (TPSA) is 266 Å². The van der Waals surface area contributed by atoms with Gasteiger partial charge in [-0.1, -0.05) is 13.3 Å². The molecule has 12 nitrogen and oxygen atoms in total. The third-order valence-corrected chi connectivity index (χ3v) is 1.32. The number of hydrogen-bond donors (Lipinski definition) is 8. The molecule has 2 atom stereocenters. The molecule has 0 rings (SSSR count). The van der Waals surface area contributed by atoms with E-state index in [1.165, 1.54) is 0 Å². The highest BCUT2D eigenvalue weighted by Gasteiger charge is 2.07. The molecule has 0 heterocycles. The van der Waals surface area contributed by atoms with Crippen LogP contribution in [0, 0.1) is 0 Å². The Morgan fingerprint density at radius 2 is 1.59 bits per heavy atom. The predicted octanol–water partition coefficient (Wildman–Crippen LogP) is -6.90. The van der Waals surface area contributed by atoms with Gasteiger partial charge in [0.15, 0.2) is 6.61 Å². The molecule has 0 saturated heterocycles. The van der Waals surface area contributed by atoms with E-state index >= 15 is 0 Å². The molecular formula is C9H27N4O8P. The van der Waals surface area contributed by atoms with Crippen molar-refractivity contribution in [1.82, 2.24) is 0 Å². The molecule has 0 aliphatic carbocycles. The number of aliphatic hydroxyl groups excluding tert-OH is 3. The second-order valence-electron chi connectivity index (χ2n) is 3.76. The fourth-order valence-corrected chi connectivity index (χ4v) is 0.537. The lowest BCUT2D eigenvalue weighted by Gasteiger charge is -2.19. The Kier molecular flexibility index (Phi) is 23.6. The molecule has 13 heteroatoms. The smallest absolute Gasteiger partial charge is 0.336 e. The molecule has 0 aliphatic heterocycles. The summed E-state index contributed by atoms with van der Waals surface area (Å²) in [4.78, 5) is 33.7. The van der Waals surface area contributed by atoms with Crippen molar-refractivity contribution in [2.45, 2.75) is 38.9 Å². The third-order valence-electron chi connectivity index (χ3n) is 1.32. The van der Waals surface area contributed by atoms with E-state index in [9.17, 15) is 4.79 Å². The normalized spacial score (nSPS) is 12.0. The predicted molar refractivity (Wildman–Crippen MR) is 72.7 cm³/mol. The number of amides is 1. The first-order chi connectivity index (χ1) is 9.68. The number of phosphoric acid groups is 1. The quantitative estimate of drug-likeness (QED) is 0.135. The highest BCUT2D eigenvalue weighted by atomic mass is 31.2. The SMILES string of the molecule is CCCC(O)C(C)O.NC(N)=[NH2+].O=P([O-])([O-])O.[NH3+]C(=O)CO. The van der Waals surface area contributed by atoms with Crippen LogP contribution in [0.3, 0.4) is 0 Å². The van der Waals surface area contributed by atoms with Crippen LogP contribution in [0.25, 0.3) is 0 Å². The minimum atomic E-state index is -5.14. The number of carbonyl (C=O) groups is 1. The van der Waals surface area contributed by atoms with E-state index in [1.807, 2.05) is 6.92 Å². The van der Waals surface area contributed by atoms with E-state index in [4.69, 9.17) is 34.6 Å². The molecule has 0 aromatic heterocycles. The first-order valence-electron chi connectivity index (χ1n) is 5.88. The molecule has 0 aromatic rings. The molecule has 1 amide bonds. The van der Waals surface area contributed by atoms with Gasteiger partial charge in [-0.25, -0.2) is 4.79 Å². The van der Waals surface area contributed by atoms with Gasteiger partial charge in [0.2, 0.25) is 0 Å². The summed E-state index contributed by atoms with van der Waals surface area (Å²) in [6.45, 7) is 3.13. The second kappa shape index (κ2) is 17.9. The number of carbonyl (C=O) groups excluding carboxylic acids is 1. The average molecular weight is 350 g/mol. The van der Waals surface area contributed by atoms with Gasteiger partial charge in [-0.2, -0.15) is 0 Å². The Balaban J connectivity index is -0.000000102. The fraction of sp³-hybridized carbons (Fsp3) is 0.778. The summed E-state index contributed by atoms with van der Waals surface area (Å²) in [5.41, 5.74) is 12.0. The number of guanidine groups is 1. The maximum absolute atomic E-state index is 9.45. The Labute approximate surface area is 128 Å². The zero-order chi connectivity index (χ0) is 18.9. The van der Waals surface area contributed by atoms with Crippen LogP contribution in [0.4, 0.5) is 0 Å². The van der Waals surface area contributed by atoms with Gasteiger partial charge in [-0.05, 0) is 13.3 Å². The lowest BCUT2D eigenvalue weighted by molar-refractivity contribution is -0.337. The largest absolute Gasteiger partial charge is 0.790 e. The summed E-state index contributed by atoms with van der Waals surface area (Å²) < 4.78 is 8.66. The van der Waals surface area contributed by atoms with Crippen molar-refractivity contribution in [2.75, 3.05) is 6.61 Å². The van der Waals surface area contributed by atoms with Gasteiger partial charge in [0.1, 0.15) is 0 Å². The van der Waals surface area contributed by atoms with Crippen LogP contribution < -0.4 is 32.4 Å². The van der Waals surface area contributed by atoms with E-state index in [2.05, 4.69) is 22.6 Å². The van der Waals surface area contributed by atoms with Gasteiger partial charge in [0.05, 0.1) is 20.0 Å². The minimum absolute atomic E-state index is 0.0833. The van der Waals surface area contributed by atoms with Gasteiger partial charge in [0, 0.05) is 0 Å². The van der Waals surface area contributed by atoms with Crippen LogP contribution in [-0.4, -0.2) is 50.9 Å². The van der Waals surface area contributed by atoms with Gasteiger partial charge in [-0.15, -0.1) is 0 Å². The number of quaternary nitrogens is 1. The molecule has 0 spiro atoms. The lowest BCUT2D eigenvalue weighted by atomic mass is 10.1. The molecule has 0 fully saturated rings. The van der Waals surface area contributed by atoms with Crippen LogP contribution in [0.2, 0.25) is 0 Å². The first kappa shape index (κ1) is 29.0. The number of nitrogens with two attached hydrogens (primary N) is 3. The van der Waals surface area contributed by atoms with E-state index < -0.39 is 32.5 Å². The minimum Gasteiger partial charge on any atom is -0.790 e. The molecule has 0 radical (unpaired) electrons. The van der Waals surface area contributed by atoms with Crippen molar-refractivity contribution in [2.24, 2.45) is 11.5 Å². The molecule has 0 bridgehead atoms. The maximum Gasteiger partial charge on any atom is 0.336 e. The van der Waals surface area contributed by atoms with Crippen molar-refractivity contribution in [1.29, 1.82) is 0 Å². The molecule has 0 aromatic carbocycles. The van der Waals surface area contributed by atoms with Crippen molar-refractivity contribution < 1.29 is 50.5 Å². The molecule has 0 saturated carbocycles. The summed E-state index contributed by atoms with van der Waals surface area (Å²) in [7, 11) is -5.14. The molecule has 2 unspecified atom stereocenters. The summed E-state index contributed by atoms with van der Waals surface area (Å²) in [5, 5.41) is 29.9. The van der Waals surface area contributed by atoms with Crippen molar-refractivity contribution >= 4 is 19.7 Å². The molecular weight excluding hydrogens is 323 g/mol. The third kappa shape index (κ3) is 97.1. The Morgan fingerprint density at radius 3 is 1.64 bits per heavy atom. The highest BCUT2D eigenvalue weighted by Crippen LogP contribution is 2.11. The van der Waals surface area contributed by atoms with Gasteiger partial charge >= 0.3 is 11.9 Å². The Morgan fingerprint density at radius 1 is 1.36 bits per heavy atom. The maximum atomic E-state index is 9.45. The van der Waals surface area contributed by atoms with Crippen molar-refractivity contribution in [3.63, 3.8) is 0 Å². The molecule has 22 heavy (non-hydrogen) atoms. The first-order valence-corrected chi connectivity index (χ1v) is 7.38. The van der Waals surface area contributed by atoms with Crippen molar-refractivity contribution in [3.05, 3.63) is 0 Å². The molecule has 136 valence electrons. The summed E-state index contributed by atoms with van der Waals surface area (Å²) >= 11 is 0. The van der Waals surface area contributed by atoms with E-state index in [-0.39, 0.29) is 5.96 Å². The molecule has 0 aliphatic rings. The lowest BCUT2D eigenvalue weighted by Crippen LogP contribution is -2.58. The van der Waals surface area contributed by atoms with Crippen LogP contribution in [0.15, 0.2) is 0 Å². The summed E-state index contributed by atoms with van der Waals surface area (Å²) in [6.07, 6.45) is 0.513. The Hall–Kier alpha value is -1.11. The summed E-state index contributed by atoms with van der Waals surface area (Å²) in [5.74, 6) is -0.523. The fourth-order valence-electron chi connectivity index (χ4n) is 0.537. The van der Waals surface area contributed by atoms with Crippen LogP contribution >= 0.6 is 7.82 Å². The highest BCUT2D eigenvalue weighted by molar-refractivity contribution is 7.42. The van der Waals surface area contributed by atoms with Crippen LogP contribution in [0.5, 0.6) is 0 Å². The number of hydrogen-bond acceptors (Lipinski definition) is 7. The number of aliphatic hydroxyl groups is 3. The standard InChI is InChI=1S/C6H14O2.C2H5NO2.CH5N3.H3O4P/c1-3-4-6(8)5(2)7;3-2(5)1-4;2-1(3)4;1-5(2,3)4/h5-8H,3-4H2,1-2H3;4H,1H2,(H2,3,5);(H5,2,3,4);(H3,1,2,3,4). The van der Waals surface area contributed by atoms with E-state index in [1.54, 1.807) is 6.92 Å². The van der Waals surface area contributed by atoms with Gasteiger partial charge in [0.25, 0.3) is 0 Å². The second-order valence-corrected chi connectivity index (χ2v) is 4.70. The van der Waals surface area contributed by atoms with Gasteiger partial charge < -0.3 is 34.6 Å². The van der Waals surface area contributed by atoms with E-state index in [0.29, 0.717) is 6.42 Å². The monoisotopic (exact) mass is 350 g/mol. The van der Waals surface area contributed by atoms with Crippen LogP contribution in [-0.2, 0) is 9.36 Å². The Bertz CT molecular complexity index is 310. The zero-order valence-electron chi connectivity index (χ0n) is 12.6. The zero-order valence-corrected chi connectivity index (χ0v) is 13.5. The van der Waals surface area contributed by atoms with Crippen molar-refractivity contribution in [3.8, 4) is 0 Å². The van der Waals surface area contributed by atoms with Crippen LogP contribution in [0.1, 0.15) is 26.7 Å². The molecule has 13 N–H and O–H groups in total. The number of rotatable bonds is 4. The summed E-state index contributed by atoms with van der Waals surface area (Å²) in [6, 6.07) is 0. The average Bonchev–Trinajstić information content (AvgIpc) is 2.27. The van der Waals surface area contributed by atoms with E-state index in [0.717, 1.165) is 6.42 Å².